The highest BCUT2D eigenvalue weighted by molar-refractivity contribution is 6.15. The highest BCUT2D eigenvalue weighted by atomic mass is 16.5. The lowest BCUT2D eigenvalue weighted by atomic mass is 9.84. The average molecular weight is 488 g/mol. The number of hydrogen-bond donors (Lipinski definition) is 0. The summed E-state index contributed by atoms with van der Waals surface area (Å²) >= 11 is 0. The molecule has 0 spiro atoms. The SMILES string of the molecule is COc1ccc([C@@H]2CC(=O)Oc3ccc4c(c32)O/C(=C\c2ccc(OC)c(OC)c2OC)C4=O)cc1. The van der Waals surface area contributed by atoms with Crippen LogP contribution in [0.15, 0.2) is 54.3 Å². The van der Waals surface area contributed by atoms with E-state index < -0.39 is 0 Å². The summed E-state index contributed by atoms with van der Waals surface area (Å²) < 4.78 is 33.3. The number of hydrogen-bond acceptors (Lipinski definition) is 8. The Kier molecular flexibility index (Phi) is 6.01. The maximum atomic E-state index is 13.3. The van der Waals surface area contributed by atoms with Crippen molar-refractivity contribution in [1.82, 2.24) is 0 Å². The van der Waals surface area contributed by atoms with E-state index in [2.05, 4.69) is 0 Å². The molecule has 0 amide bonds. The minimum atomic E-state index is -0.349. The molecule has 0 saturated carbocycles. The van der Waals surface area contributed by atoms with Crippen molar-refractivity contribution in [2.24, 2.45) is 0 Å². The standard InChI is InChI=1S/C28H24O8/c1-31-17-8-5-15(6-9-17)19-14-23(29)35-20-12-10-18-25(30)22(36-27(18)24(19)20)13-16-7-11-21(32-2)28(34-4)26(16)33-3/h5-13,19H,14H2,1-4H3/b22-13-/t19-/m0/s1. The Balaban J connectivity index is 1.59. The predicted octanol–water partition coefficient (Wildman–Crippen LogP) is 4.78. The summed E-state index contributed by atoms with van der Waals surface area (Å²) in [4.78, 5) is 25.7. The van der Waals surface area contributed by atoms with Crippen LogP contribution >= 0.6 is 0 Å². The van der Waals surface area contributed by atoms with Crippen LogP contribution in [0.2, 0.25) is 0 Å². The van der Waals surface area contributed by atoms with E-state index in [-0.39, 0.29) is 29.9 Å². The Bertz CT molecular complexity index is 1390. The van der Waals surface area contributed by atoms with E-state index in [1.54, 1.807) is 37.5 Å². The van der Waals surface area contributed by atoms with Crippen LogP contribution in [-0.4, -0.2) is 40.2 Å². The predicted molar refractivity (Wildman–Crippen MR) is 131 cm³/mol. The molecule has 3 aromatic carbocycles. The van der Waals surface area contributed by atoms with Gasteiger partial charge in [0.25, 0.3) is 0 Å². The summed E-state index contributed by atoms with van der Waals surface area (Å²) in [6.07, 6.45) is 1.72. The first-order valence-corrected chi connectivity index (χ1v) is 11.2. The van der Waals surface area contributed by atoms with Crippen LogP contribution < -0.4 is 28.4 Å². The minimum Gasteiger partial charge on any atom is -0.497 e. The van der Waals surface area contributed by atoms with Crippen LogP contribution in [0, 0.1) is 0 Å². The van der Waals surface area contributed by atoms with Crippen molar-refractivity contribution >= 4 is 17.8 Å². The first-order valence-electron chi connectivity index (χ1n) is 11.2. The van der Waals surface area contributed by atoms with Gasteiger partial charge in [-0.2, -0.15) is 0 Å². The molecule has 8 nitrogen and oxygen atoms in total. The van der Waals surface area contributed by atoms with E-state index in [9.17, 15) is 9.59 Å². The number of benzene rings is 3. The summed E-state index contributed by atoms with van der Waals surface area (Å²) in [6, 6.07) is 14.2. The Morgan fingerprint density at radius 3 is 2.22 bits per heavy atom. The second-order valence-corrected chi connectivity index (χ2v) is 8.22. The first kappa shape index (κ1) is 23.3. The fourth-order valence-electron chi connectivity index (χ4n) is 4.61. The quantitative estimate of drug-likeness (QED) is 0.278. The molecule has 0 saturated heterocycles. The Labute approximate surface area is 207 Å². The molecule has 36 heavy (non-hydrogen) atoms. The lowest BCUT2D eigenvalue weighted by Gasteiger charge is -2.26. The van der Waals surface area contributed by atoms with E-state index in [4.69, 9.17) is 28.4 Å². The van der Waals surface area contributed by atoms with Crippen LogP contribution in [0.4, 0.5) is 0 Å². The molecule has 0 unspecified atom stereocenters. The molecule has 1 atom stereocenters. The van der Waals surface area contributed by atoms with Gasteiger partial charge in [0.1, 0.15) is 17.2 Å². The molecule has 0 aromatic heterocycles. The monoisotopic (exact) mass is 488 g/mol. The molecular weight excluding hydrogens is 464 g/mol. The van der Waals surface area contributed by atoms with Gasteiger partial charge < -0.3 is 28.4 Å². The van der Waals surface area contributed by atoms with E-state index in [1.165, 1.54) is 21.3 Å². The van der Waals surface area contributed by atoms with Crippen LogP contribution in [0.1, 0.15) is 39.4 Å². The Morgan fingerprint density at radius 1 is 0.806 bits per heavy atom. The number of ketones is 1. The van der Waals surface area contributed by atoms with Crippen LogP contribution in [0.5, 0.6) is 34.5 Å². The third-order valence-corrected chi connectivity index (χ3v) is 6.32. The third-order valence-electron chi connectivity index (χ3n) is 6.32. The van der Waals surface area contributed by atoms with E-state index in [0.29, 0.717) is 51.2 Å². The molecule has 0 bridgehead atoms. The number of carbonyl (C=O) groups excluding carboxylic acids is 2. The number of allylic oxidation sites excluding steroid dienone is 1. The normalized spacial score (nSPS) is 17.1. The molecular formula is C28H24O8. The van der Waals surface area contributed by atoms with Gasteiger partial charge in [-0.25, -0.2) is 0 Å². The van der Waals surface area contributed by atoms with Crippen molar-refractivity contribution in [1.29, 1.82) is 0 Å². The molecule has 2 aliphatic heterocycles. The second kappa shape index (κ2) is 9.30. The van der Waals surface area contributed by atoms with Crippen molar-refractivity contribution in [3.63, 3.8) is 0 Å². The summed E-state index contributed by atoms with van der Waals surface area (Å²) in [5, 5.41) is 0. The van der Waals surface area contributed by atoms with Crippen molar-refractivity contribution in [2.45, 2.75) is 12.3 Å². The van der Waals surface area contributed by atoms with Gasteiger partial charge in [0.15, 0.2) is 17.3 Å². The maximum absolute atomic E-state index is 13.3. The topological polar surface area (TPSA) is 89.5 Å². The van der Waals surface area contributed by atoms with Crippen molar-refractivity contribution in [2.75, 3.05) is 28.4 Å². The highest BCUT2D eigenvalue weighted by Crippen LogP contribution is 2.49. The zero-order valence-electron chi connectivity index (χ0n) is 20.2. The lowest BCUT2D eigenvalue weighted by molar-refractivity contribution is -0.135. The number of ether oxygens (including phenoxy) is 6. The Hall–Kier alpha value is -4.46. The minimum absolute atomic E-state index is 0.120. The number of rotatable bonds is 6. The summed E-state index contributed by atoms with van der Waals surface area (Å²) in [5.74, 6) is 1.92. The van der Waals surface area contributed by atoms with Gasteiger partial charge >= 0.3 is 5.97 Å². The van der Waals surface area contributed by atoms with E-state index in [1.807, 2.05) is 24.3 Å². The summed E-state index contributed by atoms with van der Waals surface area (Å²) in [6.45, 7) is 0. The number of fused-ring (bicyclic) bond motifs is 3. The largest absolute Gasteiger partial charge is 0.497 e. The third kappa shape index (κ3) is 3.80. The molecule has 3 aromatic rings. The zero-order chi connectivity index (χ0) is 25.4. The number of esters is 1. The molecule has 2 heterocycles. The van der Waals surface area contributed by atoms with Crippen LogP contribution in [0.3, 0.4) is 0 Å². The summed E-state index contributed by atoms with van der Waals surface area (Å²) in [5.41, 5.74) is 2.53. The molecule has 184 valence electrons. The van der Waals surface area contributed by atoms with Crippen LogP contribution in [-0.2, 0) is 4.79 Å². The number of carbonyl (C=O) groups is 2. The Morgan fingerprint density at radius 2 is 1.56 bits per heavy atom. The number of Topliss-reactive ketones (excluding diaryl/α,β-unsaturated/α-hetero) is 1. The fourth-order valence-corrected chi connectivity index (χ4v) is 4.61. The first-order chi connectivity index (χ1) is 17.5. The summed E-state index contributed by atoms with van der Waals surface area (Å²) in [7, 11) is 6.15. The van der Waals surface area contributed by atoms with Gasteiger partial charge in [0.2, 0.25) is 11.5 Å². The molecule has 0 radical (unpaired) electrons. The van der Waals surface area contributed by atoms with Crippen molar-refractivity contribution < 1.29 is 38.0 Å². The van der Waals surface area contributed by atoms with Crippen molar-refractivity contribution in [3.8, 4) is 34.5 Å². The molecule has 8 heteroatoms. The molecule has 0 N–H and O–H groups in total. The van der Waals surface area contributed by atoms with Gasteiger partial charge in [-0.15, -0.1) is 0 Å². The van der Waals surface area contributed by atoms with Gasteiger partial charge in [-0.1, -0.05) is 12.1 Å². The highest BCUT2D eigenvalue weighted by Gasteiger charge is 2.38. The second-order valence-electron chi connectivity index (χ2n) is 8.22. The van der Waals surface area contributed by atoms with Gasteiger partial charge in [-0.05, 0) is 48.0 Å². The molecule has 5 rings (SSSR count). The van der Waals surface area contributed by atoms with E-state index >= 15 is 0 Å². The fraction of sp³-hybridized carbons (Fsp3) is 0.214. The van der Waals surface area contributed by atoms with Crippen molar-refractivity contribution in [3.05, 3.63) is 76.5 Å². The maximum Gasteiger partial charge on any atom is 0.312 e. The lowest BCUT2D eigenvalue weighted by Crippen LogP contribution is -2.21. The number of methoxy groups -OCH3 is 4. The zero-order valence-corrected chi connectivity index (χ0v) is 20.2. The van der Waals surface area contributed by atoms with Gasteiger partial charge in [0, 0.05) is 17.0 Å². The molecule has 0 fully saturated rings. The van der Waals surface area contributed by atoms with Gasteiger partial charge in [-0.3, -0.25) is 9.59 Å². The molecule has 0 aliphatic carbocycles. The van der Waals surface area contributed by atoms with E-state index in [0.717, 1.165) is 5.56 Å². The average Bonchev–Trinajstić information content (AvgIpc) is 3.22. The van der Waals surface area contributed by atoms with Gasteiger partial charge in [0.05, 0.1) is 40.4 Å². The molecule has 2 aliphatic rings. The van der Waals surface area contributed by atoms with Crippen LogP contribution in [0.25, 0.3) is 6.08 Å². The smallest absolute Gasteiger partial charge is 0.312 e.